The summed E-state index contributed by atoms with van der Waals surface area (Å²) in [5, 5.41) is 13.3. The first-order valence-electron chi connectivity index (χ1n) is 13.1. The second kappa shape index (κ2) is 9.43. The van der Waals surface area contributed by atoms with E-state index < -0.39 is 17.4 Å². The molecule has 0 saturated heterocycles. The second-order valence-corrected chi connectivity index (χ2v) is 10.5. The molecule has 11 heteroatoms. The van der Waals surface area contributed by atoms with Crippen molar-refractivity contribution in [2.45, 2.75) is 45.6 Å². The van der Waals surface area contributed by atoms with Crippen molar-refractivity contribution < 1.29 is 19.0 Å². The van der Waals surface area contributed by atoms with Crippen LogP contribution in [0.15, 0.2) is 53.5 Å². The van der Waals surface area contributed by atoms with Crippen molar-refractivity contribution in [1.82, 2.24) is 14.6 Å². The monoisotopic (exact) mass is 556 g/mol. The molecular formula is C30H29FN6O4. The number of anilines is 1. The number of nitrogen functional groups attached to an aromatic ring is 1. The Balaban J connectivity index is 1.52. The van der Waals surface area contributed by atoms with Crippen molar-refractivity contribution in [3.05, 3.63) is 98.2 Å². The number of rotatable bonds is 5. The number of fused-ring (bicyclic) bond motifs is 5. The number of esters is 1. The van der Waals surface area contributed by atoms with E-state index in [2.05, 4.69) is 0 Å². The molecule has 0 radical (unpaired) electrons. The van der Waals surface area contributed by atoms with Gasteiger partial charge in [0.25, 0.3) is 5.56 Å². The molecule has 2 aromatic carbocycles. The summed E-state index contributed by atoms with van der Waals surface area (Å²) in [6.45, 7) is 3.43. The molecule has 2 aliphatic heterocycles. The summed E-state index contributed by atoms with van der Waals surface area (Å²) in [6, 6.07) is 11.8. The minimum Gasteiger partial charge on any atom is -0.458 e. The van der Waals surface area contributed by atoms with Crippen LogP contribution < -0.4 is 22.9 Å². The molecule has 0 aliphatic carbocycles. The van der Waals surface area contributed by atoms with Gasteiger partial charge in [0, 0.05) is 34.5 Å². The van der Waals surface area contributed by atoms with Gasteiger partial charge in [0.15, 0.2) is 5.60 Å². The molecule has 2 aromatic heterocycles. The third-order valence-corrected chi connectivity index (χ3v) is 7.98. The summed E-state index contributed by atoms with van der Waals surface area (Å²) in [5.41, 5.74) is 15.1. The highest BCUT2D eigenvalue weighted by Crippen LogP contribution is 2.40. The molecular weight excluding hydrogens is 527 g/mol. The number of benzene rings is 2. The fourth-order valence-electron chi connectivity index (χ4n) is 5.63. The van der Waals surface area contributed by atoms with E-state index in [1.807, 2.05) is 0 Å². The van der Waals surface area contributed by atoms with Crippen LogP contribution in [-0.2, 0) is 34.8 Å². The largest absolute Gasteiger partial charge is 0.458 e. The Morgan fingerprint density at radius 3 is 2.66 bits per heavy atom. The first kappa shape index (κ1) is 26.5. The predicted octanol–water partition coefficient (Wildman–Crippen LogP) is 2.74. The standard InChI is InChI=1S/C30H29FN6O4/c1-3-30(40)22-9-26-27-20(12-37(26)28(38)21(22)14-41-29(30)39)19(18-8-15(2)23(31)10-25(18)35-27)11-36(34)13-24(33)16-4-6-17(32)7-5-16/h4-10,13,40H,3,11-12,14,32-34H2,1-2H3/b24-13-/t30-/m0/s1. The molecule has 210 valence electrons. The van der Waals surface area contributed by atoms with Crippen molar-refractivity contribution >= 4 is 28.3 Å². The average Bonchev–Trinajstić information content (AvgIpc) is 3.31. The Kier molecular flexibility index (Phi) is 6.09. The fourth-order valence-corrected chi connectivity index (χ4v) is 5.63. The Hall–Kier alpha value is -4.74. The smallest absolute Gasteiger partial charge is 0.343 e. The zero-order valence-electron chi connectivity index (χ0n) is 22.6. The zero-order chi connectivity index (χ0) is 29.2. The van der Waals surface area contributed by atoms with Gasteiger partial charge in [0.1, 0.15) is 12.4 Å². The van der Waals surface area contributed by atoms with Crippen LogP contribution in [0, 0.1) is 12.7 Å². The van der Waals surface area contributed by atoms with Crippen LogP contribution in [-0.4, -0.2) is 25.6 Å². The number of ether oxygens (including phenoxy) is 1. The Morgan fingerprint density at radius 2 is 1.95 bits per heavy atom. The van der Waals surface area contributed by atoms with Crippen molar-refractivity contribution in [2.75, 3.05) is 5.73 Å². The quantitative estimate of drug-likeness (QED) is 0.110. The van der Waals surface area contributed by atoms with Gasteiger partial charge in [-0.15, -0.1) is 0 Å². The molecule has 0 bridgehead atoms. The van der Waals surface area contributed by atoms with Gasteiger partial charge < -0.3 is 30.9 Å². The van der Waals surface area contributed by atoms with Crippen LogP contribution >= 0.6 is 0 Å². The number of aliphatic hydroxyl groups is 1. The van der Waals surface area contributed by atoms with Crippen LogP contribution in [0.25, 0.3) is 28.0 Å². The molecule has 1 atom stereocenters. The first-order chi connectivity index (χ1) is 19.5. The third-order valence-electron chi connectivity index (χ3n) is 7.98. The highest BCUT2D eigenvalue weighted by Gasteiger charge is 2.45. The summed E-state index contributed by atoms with van der Waals surface area (Å²) >= 11 is 0. The maximum Gasteiger partial charge on any atom is 0.343 e. The molecule has 4 aromatic rings. The Bertz CT molecular complexity index is 1850. The van der Waals surface area contributed by atoms with Gasteiger partial charge in [-0.25, -0.2) is 20.0 Å². The van der Waals surface area contributed by atoms with Crippen LogP contribution in [0.3, 0.4) is 0 Å². The predicted molar refractivity (Wildman–Crippen MR) is 152 cm³/mol. The number of cyclic esters (lactones) is 1. The third kappa shape index (κ3) is 4.12. The SMILES string of the molecule is CC[C@@]1(O)C(=O)OCc2c1cc1n(c2=O)Cc2c-1nc1cc(F)c(C)cc1c2CN(N)/C=C(\N)c1ccc(N)cc1. The summed E-state index contributed by atoms with van der Waals surface area (Å²) in [6.07, 6.45) is 1.62. The number of aryl methyl sites for hydroxylation is 1. The summed E-state index contributed by atoms with van der Waals surface area (Å²) in [5.74, 6) is 5.21. The molecule has 0 amide bonds. The van der Waals surface area contributed by atoms with E-state index >= 15 is 0 Å². The van der Waals surface area contributed by atoms with E-state index in [1.165, 1.54) is 15.6 Å². The first-order valence-corrected chi connectivity index (χ1v) is 13.1. The highest BCUT2D eigenvalue weighted by molar-refractivity contribution is 5.89. The summed E-state index contributed by atoms with van der Waals surface area (Å²) in [4.78, 5) is 30.9. The van der Waals surface area contributed by atoms with Gasteiger partial charge in [-0.3, -0.25) is 4.79 Å². The zero-order valence-corrected chi connectivity index (χ0v) is 22.6. The normalized spacial score (nSPS) is 17.7. The van der Waals surface area contributed by atoms with Crippen molar-refractivity contribution in [1.29, 1.82) is 0 Å². The lowest BCUT2D eigenvalue weighted by Gasteiger charge is -2.31. The molecule has 0 unspecified atom stereocenters. The molecule has 10 nitrogen and oxygen atoms in total. The molecule has 0 saturated carbocycles. The molecule has 2 aliphatic rings. The van der Waals surface area contributed by atoms with Gasteiger partial charge in [0.05, 0.1) is 41.3 Å². The topological polar surface area (TPSA) is 163 Å². The van der Waals surface area contributed by atoms with Gasteiger partial charge >= 0.3 is 5.97 Å². The number of aromatic nitrogens is 2. The van der Waals surface area contributed by atoms with Crippen molar-refractivity contribution in [3.63, 3.8) is 0 Å². The van der Waals surface area contributed by atoms with Gasteiger partial charge in [0.2, 0.25) is 0 Å². The summed E-state index contributed by atoms with van der Waals surface area (Å²) < 4.78 is 21.4. The van der Waals surface area contributed by atoms with Gasteiger partial charge in [-0.1, -0.05) is 19.1 Å². The second-order valence-electron chi connectivity index (χ2n) is 10.5. The van der Waals surface area contributed by atoms with Gasteiger partial charge in [-0.05, 0) is 54.3 Å². The number of nitrogens with zero attached hydrogens (tertiary/aromatic N) is 3. The minimum absolute atomic E-state index is 0.0272. The lowest BCUT2D eigenvalue weighted by atomic mass is 9.86. The van der Waals surface area contributed by atoms with E-state index in [0.717, 1.165) is 16.7 Å². The number of carbonyl (C=O) groups excluding carboxylic acids is 1. The molecule has 41 heavy (non-hydrogen) atoms. The van der Waals surface area contributed by atoms with Crippen molar-refractivity contribution in [2.24, 2.45) is 11.6 Å². The number of carbonyl (C=O) groups is 1. The Labute approximate surface area is 234 Å². The number of hydrogen-bond donors (Lipinski definition) is 4. The van der Waals surface area contributed by atoms with E-state index in [1.54, 1.807) is 56.4 Å². The lowest BCUT2D eigenvalue weighted by molar-refractivity contribution is -0.172. The van der Waals surface area contributed by atoms with Crippen LogP contribution in [0.1, 0.15) is 46.7 Å². The Morgan fingerprint density at radius 1 is 1.22 bits per heavy atom. The van der Waals surface area contributed by atoms with E-state index in [-0.39, 0.29) is 42.8 Å². The van der Waals surface area contributed by atoms with Crippen LogP contribution in [0.2, 0.25) is 0 Å². The molecule has 0 fully saturated rings. The number of hydrogen-bond acceptors (Lipinski definition) is 9. The van der Waals surface area contributed by atoms with Gasteiger partial charge in [-0.2, -0.15) is 0 Å². The number of pyridine rings is 2. The summed E-state index contributed by atoms with van der Waals surface area (Å²) in [7, 11) is 0. The molecule has 4 heterocycles. The lowest BCUT2D eigenvalue weighted by Crippen LogP contribution is -2.44. The maximum absolute atomic E-state index is 14.7. The fraction of sp³-hybridized carbons (Fsp3) is 0.233. The minimum atomic E-state index is -1.95. The maximum atomic E-state index is 14.7. The molecule has 0 spiro atoms. The highest BCUT2D eigenvalue weighted by atomic mass is 19.1. The van der Waals surface area contributed by atoms with E-state index in [9.17, 15) is 19.1 Å². The van der Waals surface area contributed by atoms with E-state index in [0.29, 0.717) is 39.2 Å². The number of halogens is 1. The van der Waals surface area contributed by atoms with Crippen LogP contribution in [0.5, 0.6) is 0 Å². The number of nitrogens with two attached hydrogens (primary N) is 3. The van der Waals surface area contributed by atoms with E-state index in [4.69, 9.17) is 27.0 Å². The average molecular weight is 557 g/mol. The molecule has 6 rings (SSSR count). The van der Waals surface area contributed by atoms with Crippen molar-refractivity contribution in [3.8, 4) is 11.4 Å². The number of hydrazine groups is 1. The molecule has 7 N–H and O–H groups in total. The van der Waals surface area contributed by atoms with Crippen LogP contribution in [0.4, 0.5) is 10.1 Å².